The van der Waals surface area contributed by atoms with Crippen LogP contribution in [0.3, 0.4) is 0 Å². The fourth-order valence-electron chi connectivity index (χ4n) is 11.4. The summed E-state index contributed by atoms with van der Waals surface area (Å²) in [6, 6.07) is 13.6. The zero-order chi connectivity index (χ0) is 50.0. The molecule has 72 heavy (non-hydrogen) atoms. The Kier molecular flexibility index (Phi) is 14.4. The van der Waals surface area contributed by atoms with Gasteiger partial charge in [0.15, 0.2) is 5.82 Å². The molecule has 0 bridgehead atoms. The van der Waals surface area contributed by atoms with Crippen molar-refractivity contribution < 1.29 is 19.7 Å². The predicted octanol–water partition coefficient (Wildman–Crippen LogP) is 5.64. The third kappa shape index (κ3) is 10.1. The first-order valence-corrected chi connectivity index (χ1v) is 25.6. The van der Waals surface area contributed by atoms with Gasteiger partial charge in [-0.2, -0.15) is 20.3 Å². The van der Waals surface area contributed by atoms with Crippen molar-refractivity contribution >= 4 is 23.3 Å². The van der Waals surface area contributed by atoms with Gasteiger partial charge in [-0.15, -0.1) is 0 Å². The molecule has 3 atom stereocenters. The number of nitrogens with one attached hydrogen (secondary N) is 1. The maximum Gasteiger partial charge on any atom is 0.348 e. The van der Waals surface area contributed by atoms with E-state index in [0.717, 1.165) is 117 Å². The Bertz CT molecular complexity index is 2920. The van der Waals surface area contributed by atoms with E-state index in [-0.39, 0.29) is 41.6 Å². The van der Waals surface area contributed by atoms with Crippen molar-refractivity contribution in [3.05, 3.63) is 129 Å². The lowest BCUT2D eigenvalue weighted by Gasteiger charge is -2.43. The van der Waals surface area contributed by atoms with Crippen LogP contribution in [0.4, 0.5) is 5.82 Å². The summed E-state index contributed by atoms with van der Waals surface area (Å²) in [5.74, 6) is 1.30. The van der Waals surface area contributed by atoms with E-state index in [0.29, 0.717) is 67.6 Å². The number of aromatic nitrogens is 5. The van der Waals surface area contributed by atoms with Gasteiger partial charge in [0.1, 0.15) is 23.9 Å². The predicted molar refractivity (Wildman–Crippen MR) is 276 cm³/mol. The number of aromatic hydroxyl groups is 2. The molecule has 2 aromatic carbocycles. The number of halogens is 1. The highest BCUT2D eigenvalue weighted by Crippen LogP contribution is 2.42. The number of phenols is 2. The minimum atomic E-state index is -0.416. The van der Waals surface area contributed by atoms with Gasteiger partial charge >= 0.3 is 11.7 Å². The lowest BCUT2D eigenvalue weighted by molar-refractivity contribution is -0.128. The molecule has 0 saturated carbocycles. The lowest BCUT2D eigenvalue weighted by Crippen LogP contribution is -2.55. The Balaban J connectivity index is 0.743. The number of carbonyl (C=O) groups is 1. The summed E-state index contributed by atoms with van der Waals surface area (Å²) in [7, 11) is 0. The van der Waals surface area contributed by atoms with Crippen LogP contribution in [0.15, 0.2) is 101 Å². The summed E-state index contributed by atoms with van der Waals surface area (Å²) in [4.78, 5) is 49.8. The van der Waals surface area contributed by atoms with Crippen molar-refractivity contribution in [3.8, 4) is 40.7 Å². The van der Waals surface area contributed by atoms with E-state index in [1.165, 1.54) is 16.7 Å². The van der Waals surface area contributed by atoms with E-state index < -0.39 is 5.69 Å². The van der Waals surface area contributed by atoms with Crippen LogP contribution in [0.1, 0.15) is 48.6 Å². The molecule has 2 aliphatic carbocycles. The van der Waals surface area contributed by atoms with E-state index in [1.807, 2.05) is 30.3 Å². The number of nitriles is 1. The van der Waals surface area contributed by atoms with Crippen molar-refractivity contribution in [1.82, 2.24) is 49.2 Å². The number of allylic oxidation sites excluding steroid dienone is 7. The van der Waals surface area contributed by atoms with Crippen molar-refractivity contribution in [2.75, 3.05) is 83.5 Å². The second-order valence-corrected chi connectivity index (χ2v) is 20.2. The summed E-state index contributed by atoms with van der Waals surface area (Å²) in [6.45, 7) is 18.5. The highest BCUT2D eigenvalue weighted by Gasteiger charge is 2.36. The van der Waals surface area contributed by atoms with Crippen molar-refractivity contribution in [2.45, 2.75) is 64.7 Å². The maximum absolute atomic E-state index is 12.9. The molecule has 0 radical (unpaired) electrons. The summed E-state index contributed by atoms with van der Waals surface area (Å²) >= 11 is 6.90. The van der Waals surface area contributed by atoms with Gasteiger partial charge in [0.25, 0.3) is 0 Å². The van der Waals surface area contributed by atoms with Crippen LogP contribution in [-0.4, -0.2) is 156 Å². The minimum Gasteiger partial charge on any atom is -0.508 e. The number of H-pyrrole nitrogens is 1. The first kappa shape index (κ1) is 48.9. The van der Waals surface area contributed by atoms with Gasteiger partial charge in [0.2, 0.25) is 5.91 Å². The number of nitrogens with zero attached hydrogens (tertiary/aromatic N) is 11. The number of ether oxygens (including phenoxy) is 1. The number of rotatable bonds is 13. The van der Waals surface area contributed by atoms with Crippen molar-refractivity contribution in [3.63, 3.8) is 0 Å². The van der Waals surface area contributed by atoms with Gasteiger partial charge in [0, 0.05) is 105 Å². The van der Waals surface area contributed by atoms with Crippen LogP contribution in [0.5, 0.6) is 17.5 Å². The number of benzene rings is 2. The Hall–Kier alpha value is -6.71. The van der Waals surface area contributed by atoms with Gasteiger partial charge in [-0.05, 0) is 92.7 Å². The third-order valence-electron chi connectivity index (χ3n) is 15.4. The average Bonchev–Trinajstić information content (AvgIpc) is 3.78. The number of piperazine rings is 2. The van der Waals surface area contributed by atoms with E-state index >= 15 is 0 Å². The third-order valence-corrected chi connectivity index (χ3v) is 15.8. The summed E-state index contributed by atoms with van der Waals surface area (Å²) in [6.07, 6.45) is 15.2. The van der Waals surface area contributed by atoms with Crippen molar-refractivity contribution in [2.24, 2.45) is 11.8 Å². The van der Waals surface area contributed by atoms with Crippen LogP contribution in [-0.2, 0) is 24.3 Å². The van der Waals surface area contributed by atoms with Crippen LogP contribution in [0.2, 0.25) is 0 Å². The van der Waals surface area contributed by atoms with Gasteiger partial charge < -0.3 is 29.6 Å². The standard InChI is InChI=1S/C54H63ClN12O5/c1-4-49(70)66-27-26-65(33-40(66)14-18-56)51-42-17-21-64(46-13-8-35(2)41-6-5-7-44(55)50(41)46)34-45(42)57-53(58-51)72-29-28-61-22-24-63(25-23-61)38-15-19-62(20-16-38)32-37-9-11-39(12-10-37)67-52(59-60-54(67)71)43-30-36(3)47(68)31-48(43)69/h4-13,30-31,35,38,40-41,68-69H,1,14-17,19-29,32-34H2,2-3H3,(H,60,71)/t35?,40-,41?/m0/s1. The van der Waals surface area contributed by atoms with E-state index in [4.69, 9.17) is 26.3 Å². The quantitative estimate of drug-likeness (QED) is 0.140. The number of aryl methyl sites for hydroxylation is 1. The number of likely N-dealkylation sites (tertiary alicyclic amines) is 1. The second-order valence-electron chi connectivity index (χ2n) is 19.8. The molecule has 6 aliphatic rings. The van der Waals surface area contributed by atoms with Gasteiger partial charge in [-0.1, -0.05) is 55.5 Å². The van der Waals surface area contributed by atoms with Gasteiger partial charge in [-0.3, -0.25) is 19.5 Å². The number of hydrogen-bond acceptors (Lipinski definition) is 14. The maximum atomic E-state index is 12.9. The zero-order valence-electron chi connectivity index (χ0n) is 41.1. The first-order chi connectivity index (χ1) is 35.0. The molecule has 3 N–H and O–H groups in total. The van der Waals surface area contributed by atoms with Crippen LogP contribution < -0.4 is 15.3 Å². The van der Waals surface area contributed by atoms with Crippen LogP contribution in [0, 0.1) is 30.1 Å². The van der Waals surface area contributed by atoms with Crippen LogP contribution in [0.25, 0.3) is 17.1 Å². The molecule has 18 heteroatoms. The highest BCUT2D eigenvalue weighted by atomic mass is 35.5. The monoisotopic (exact) mass is 994 g/mol. The number of piperidine rings is 1. The number of fused-ring (bicyclic) bond motifs is 2. The molecule has 3 saturated heterocycles. The topological polar surface area (TPSA) is 186 Å². The molecule has 376 valence electrons. The summed E-state index contributed by atoms with van der Waals surface area (Å²) < 4.78 is 7.90. The normalized spacial score (nSPS) is 22.1. The number of hydrogen-bond donors (Lipinski definition) is 3. The average molecular weight is 996 g/mol. The molecule has 0 spiro atoms. The Morgan fingerprint density at radius 3 is 2.54 bits per heavy atom. The zero-order valence-corrected chi connectivity index (χ0v) is 41.8. The lowest BCUT2D eigenvalue weighted by atomic mass is 9.79. The van der Waals surface area contributed by atoms with E-state index in [2.05, 4.69) is 78.6 Å². The molecule has 1 amide bonds. The Labute approximate surface area is 425 Å². The SMILES string of the molecule is C=CC(=O)N1CCN(c2nc(OCCN3CCN(C4CCN(Cc5ccc(-n6c(-c7cc(C)c(O)cc7O)n[nH]c6=O)cc5)CC4)CC3)nc3c2CCN(C2=C4C(Cl)=CC=CC4C(C)C=C2)C3)C[C@@H]1CC#N. The number of anilines is 1. The number of aromatic amines is 1. The number of carbonyl (C=O) groups excluding carboxylic acids is 1. The highest BCUT2D eigenvalue weighted by molar-refractivity contribution is 6.32. The molecule has 6 heterocycles. The minimum absolute atomic E-state index is 0.0296. The summed E-state index contributed by atoms with van der Waals surface area (Å²) in [5, 5.41) is 37.8. The smallest absolute Gasteiger partial charge is 0.348 e. The van der Waals surface area contributed by atoms with Crippen LogP contribution >= 0.6 is 11.6 Å². The number of amides is 1. The molecular weight excluding hydrogens is 932 g/mol. The largest absolute Gasteiger partial charge is 0.508 e. The molecule has 2 unspecified atom stereocenters. The molecule has 2 aromatic heterocycles. The molecule has 17 nitrogen and oxygen atoms in total. The molecule has 3 fully saturated rings. The van der Waals surface area contributed by atoms with E-state index in [1.54, 1.807) is 17.9 Å². The van der Waals surface area contributed by atoms with E-state index in [9.17, 15) is 25.1 Å². The molecule has 4 aliphatic heterocycles. The fourth-order valence-corrected chi connectivity index (χ4v) is 11.7. The Morgan fingerprint density at radius 1 is 0.986 bits per heavy atom. The van der Waals surface area contributed by atoms with Crippen molar-refractivity contribution in [1.29, 1.82) is 5.26 Å². The van der Waals surface area contributed by atoms with Gasteiger partial charge in [-0.25, -0.2) is 14.5 Å². The molecule has 4 aromatic rings. The number of phenolic OH excluding ortho intramolecular Hbond substituents is 2. The Morgan fingerprint density at radius 2 is 1.78 bits per heavy atom. The molecular formula is C54H63ClN12O5. The van der Waals surface area contributed by atoms with Gasteiger partial charge in [0.05, 0.1) is 42.0 Å². The summed E-state index contributed by atoms with van der Waals surface area (Å²) in [5.41, 5.74) is 6.58. The molecule has 10 rings (SSSR count). The second kappa shape index (κ2) is 21.2. The first-order valence-electron chi connectivity index (χ1n) is 25.2. The fraction of sp³-hybridized carbons (Fsp3) is 0.444.